The zero-order valence-electron chi connectivity index (χ0n) is 16.0. The summed E-state index contributed by atoms with van der Waals surface area (Å²) >= 11 is 6.22. The summed E-state index contributed by atoms with van der Waals surface area (Å²) < 4.78 is 36.8. The van der Waals surface area contributed by atoms with Crippen LogP contribution in [0.25, 0.3) is 28.3 Å². The number of fused-ring (bicyclic) bond motifs is 1. The third-order valence-electron chi connectivity index (χ3n) is 4.32. The van der Waals surface area contributed by atoms with Crippen LogP contribution >= 0.6 is 11.6 Å². The average Bonchev–Trinajstić information content (AvgIpc) is 3.17. The van der Waals surface area contributed by atoms with E-state index in [2.05, 4.69) is 15.1 Å². The first-order chi connectivity index (χ1) is 14.9. The van der Waals surface area contributed by atoms with Gasteiger partial charge in [-0.3, -0.25) is 0 Å². The fourth-order valence-corrected chi connectivity index (χ4v) is 3.20. The molecule has 1 aromatic carbocycles. The average molecular weight is 446 g/mol. The van der Waals surface area contributed by atoms with Crippen LogP contribution in [0.1, 0.15) is 11.1 Å². The van der Waals surface area contributed by atoms with E-state index in [1.165, 1.54) is 23.0 Å². The summed E-state index contributed by atoms with van der Waals surface area (Å²) in [4.78, 5) is 21.2. The summed E-state index contributed by atoms with van der Waals surface area (Å²) in [5.41, 5.74) is 1.01. The number of ether oxygens (including phenoxy) is 1. The van der Waals surface area contributed by atoms with Crippen molar-refractivity contribution < 1.29 is 17.9 Å². The van der Waals surface area contributed by atoms with Crippen LogP contribution in [0.15, 0.2) is 45.7 Å². The van der Waals surface area contributed by atoms with Crippen molar-refractivity contribution in [3.63, 3.8) is 0 Å². The summed E-state index contributed by atoms with van der Waals surface area (Å²) in [6.07, 6.45) is -0.112. The third kappa shape index (κ3) is 4.02. The van der Waals surface area contributed by atoms with Crippen molar-refractivity contribution in [2.45, 2.75) is 13.3 Å². The Morgan fingerprint density at radius 2 is 2.16 bits per heavy atom. The fraction of sp³-hybridized carbons (Fsp3) is 0.150. The van der Waals surface area contributed by atoms with Crippen LogP contribution in [0.2, 0.25) is 5.02 Å². The molecular weight excluding hydrogens is 432 g/mol. The van der Waals surface area contributed by atoms with Gasteiger partial charge in [-0.05, 0) is 42.3 Å². The molecule has 0 spiro atoms. The Bertz CT molecular complexity index is 1350. The molecule has 0 saturated carbocycles. The monoisotopic (exact) mass is 445 g/mol. The van der Waals surface area contributed by atoms with E-state index in [4.69, 9.17) is 26.2 Å². The molecule has 3 aromatic heterocycles. The Labute approximate surface area is 178 Å². The van der Waals surface area contributed by atoms with Gasteiger partial charge in [0.25, 0.3) is 6.43 Å². The number of nitrogens with zero attached hydrogens (tertiary/aromatic N) is 4. The number of rotatable bonds is 6. The third-order valence-corrected chi connectivity index (χ3v) is 4.61. The standard InChI is InChI=1S/C20H14ClF2N5O3/c1-10-5-11(8-24)6-12-17(10)26-19(31-20(12)29)14-7-16(30-9-15(22)23)27-28(14)18-13(21)3-2-4-25-18/h2-8,15,24H,9H2,1H3. The molecule has 0 aliphatic carbocycles. The maximum Gasteiger partial charge on any atom is 0.347 e. The highest BCUT2D eigenvalue weighted by Crippen LogP contribution is 2.29. The van der Waals surface area contributed by atoms with Gasteiger partial charge in [0.1, 0.15) is 5.69 Å². The van der Waals surface area contributed by atoms with Crippen molar-refractivity contribution in [3.05, 3.63) is 63.1 Å². The number of aryl methyl sites for hydroxylation is 1. The van der Waals surface area contributed by atoms with Crippen LogP contribution in [0, 0.1) is 12.3 Å². The molecule has 3 heterocycles. The zero-order chi connectivity index (χ0) is 22.1. The van der Waals surface area contributed by atoms with Gasteiger partial charge in [-0.15, -0.1) is 5.10 Å². The number of halogens is 3. The van der Waals surface area contributed by atoms with Crippen molar-refractivity contribution in [3.8, 4) is 23.3 Å². The first-order valence-electron chi connectivity index (χ1n) is 8.95. The summed E-state index contributed by atoms with van der Waals surface area (Å²) in [7, 11) is 0. The summed E-state index contributed by atoms with van der Waals surface area (Å²) in [5.74, 6) is -0.0896. The Morgan fingerprint density at radius 3 is 2.87 bits per heavy atom. The highest BCUT2D eigenvalue weighted by Gasteiger charge is 2.21. The molecule has 11 heteroatoms. The van der Waals surface area contributed by atoms with Gasteiger partial charge >= 0.3 is 5.63 Å². The number of aromatic nitrogens is 4. The van der Waals surface area contributed by atoms with E-state index in [9.17, 15) is 13.6 Å². The van der Waals surface area contributed by atoms with E-state index >= 15 is 0 Å². The maximum atomic E-state index is 12.6. The fourth-order valence-electron chi connectivity index (χ4n) is 3.00. The predicted molar refractivity (Wildman–Crippen MR) is 110 cm³/mol. The predicted octanol–water partition coefficient (Wildman–Crippen LogP) is 4.04. The van der Waals surface area contributed by atoms with Crippen molar-refractivity contribution >= 4 is 28.7 Å². The van der Waals surface area contributed by atoms with E-state index < -0.39 is 18.7 Å². The molecule has 0 aliphatic rings. The van der Waals surface area contributed by atoms with Gasteiger partial charge in [-0.1, -0.05) is 11.6 Å². The molecule has 0 atom stereocenters. The van der Waals surface area contributed by atoms with Gasteiger partial charge in [0.05, 0.1) is 15.9 Å². The molecule has 0 fully saturated rings. The first kappa shape index (κ1) is 20.6. The molecule has 4 aromatic rings. The Hall–Kier alpha value is -3.66. The SMILES string of the molecule is Cc1cc(C=N)cc2c(=O)oc(-c3cc(OCC(F)F)nn3-c3ncccc3Cl)nc12. The van der Waals surface area contributed by atoms with Gasteiger partial charge in [-0.25, -0.2) is 28.2 Å². The lowest BCUT2D eigenvalue weighted by Gasteiger charge is -2.08. The molecule has 0 amide bonds. The van der Waals surface area contributed by atoms with E-state index in [1.807, 2.05) is 0 Å². The van der Waals surface area contributed by atoms with E-state index in [0.717, 1.165) is 6.21 Å². The second-order valence-corrected chi connectivity index (χ2v) is 6.88. The van der Waals surface area contributed by atoms with Crippen molar-refractivity contribution in [1.29, 1.82) is 5.41 Å². The smallest absolute Gasteiger partial charge is 0.347 e. The molecule has 0 unspecified atom stereocenters. The minimum Gasteiger partial charge on any atom is -0.471 e. The molecule has 0 radical (unpaired) electrons. The second kappa shape index (κ2) is 8.23. The number of benzene rings is 1. The van der Waals surface area contributed by atoms with Crippen LogP contribution in [-0.2, 0) is 0 Å². The summed E-state index contributed by atoms with van der Waals surface area (Å²) in [5, 5.41) is 12.0. The van der Waals surface area contributed by atoms with Crippen LogP contribution in [0.5, 0.6) is 5.88 Å². The van der Waals surface area contributed by atoms with E-state index in [0.29, 0.717) is 16.6 Å². The van der Waals surface area contributed by atoms with E-state index in [1.54, 1.807) is 25.1 Å². The molecule has 0 bridgehead atoms. The number of hydrogen-bond donors (Lipinski definition) is 1. The summed E-state index contributed by atoms with van der Waals surface area (Å²) in [6, 6.07) is 7.70. The highest BCUT2D eigenvalue weighted by molar-refractivity contribution is 6.32. The second-order valence-electron chi connectivity index (χ2n) is 6.48. The van der Waals surface area contributed by atoms with Gasteiger partial charge in [0, 0.05) is 18.5 Å². The van der Waals surface area contributed by atoms with Gasteiger partial charge in [0.15, 0.2) is 12.4 Å². The molecule has 8 nitrogen and oxygen atoms in total. The normalized spacial score (nSPS) is 11.3. The molecular formula is C20H14ClF2N5O3. The minimum atomic E-state index is -2.70. The summed E-state index contributed by atoms with van der Waals surface area (Å²) in [6.45, 7) is 0.878. The lowest BCUT2D eigenvalue weighted by Crippen LogP contribution is -2.09. The Balaban J connectivity index is 1.93. The number of pyridine rings is 1. The number of nitrogens with one attached hydrogen (secondary N) is 1. The van der Waals surface area contributed by atoms with Gasteiger partial charge in [0.2, 0.25) is 11.8 Å². The number of hydrogen-bond acceptors (Lipinski definition) is 7. The van der Waals surface area contributed by atoms with Gasteiger partial charge < -0.3 is 14.6 Å². The topological polar surface area (TPSA) is 107 Å². The van der Waals surface area contributed by atoms with Gasteiger partial charge in [-0.2, -0.15) is 0 Å². The van der Waals surface area contributed by atoms with Crippen molar-refractivity contribution in [2.24, 2.45) is 0 Å². The van der Waals surface area contributed by atoms with Crippen molar-refractivity contribution in [2.75, 3.05) is 6.61 Å². The minimum absolute atomic E-state index is 0.121. The molecule has 1 N–H and O–H groups in total. The van der Waals surface area contributed by atoms with Crippen LogP contribution in [0.4, 0.5) is 8.78 Å². The first-order valence-corrected chi connectivity index (χ1v) is 9.33. The largest absolute Gasteiger partial charge is 0.471 e. The highest BCUT2D eigenvalue weighted by atomic mass is 35.5. The van der Waals surface area contributed by atoms with E-state index in [-0.39, 0.29) is 33.7 Å². The molecule has 0 aliphatic heterocycles. The van der Waals surface area contributed by atoms with Crippen LogP contribution in [0.3, 0.4) is 0 Å². The van der Waals surface area contributed by atoms with Crippen molar-refractivity contribution in [1.82, 2.24) is 19.7 Å². The quantitative estimate of drug-likeness (QED) is 0.449. The van der Waals surface area contributed by atoms with Crippen LogP contribution in [-0.4, -0.2) is 39.0 Å². The lowest BCUT2D eigenvalue weighted by molar-refractivity contribution is 0.0794. The Morgan fingerprint density at radius 1 is 1.35 bits per heavy atom. The van der Waals surface area contributed by atoms with Crippen LogP contribution < -0.4 is 10.4 Å². The molecule has 31 heavy (non-hydrogen) atoms. The Kier molecular flexibility index (Phi) is 5.47. The lowest BCUT2D eigenvalue weighted by atomic mass is 10.1. The molecule has 4 rings (SSSR count). The molecule has 158 valence electrons. The maximum absolute atomic E-state index is 12.6. The number of alkyl halides is 2. The molecule has 0 saturated heterocycles. The zero-order valence-corrected chi connectivity index (χ0v) is 16.7.